The summed E-state index contributed by atoms with van der Waals surface area (Å²) >= 11 is 0. The van der Waals surface area contributed by atoms with E-state index in [-0.39, 0.29) is 11.3 Å². The van der Waals surface area contributed by atoms with Crippen LogP contribution in [0.4, 0.5) is 0 Å². The van der Waals surface area contributed by atoms with E-state index in [1.807, 2.05) is 13.0 Å². The van der Waals surface area contributed by atoms with Gasteiger partial charge in [0.2, 0.25) is 5.89 Å². The van der Waals surface area contributed by atoms with Crippen LogP contribution in [0.25, 0.3) is 0 Å². The highest BCUT2D eigenvalue weighted by Gasteiger charge is 2.44. The standard InChI is InChI=1S/C17H19N3O/c1-13(7-5-12-18)15-19-16(20-21-15)17(10-6-11-17)14-8-3-2-4-9-14/h2-4,8-9,13H,5-7,10-11H2,1H3. The summed E-state index contributed by atoms with van der Waals surface area (Å²) in [6.45, 7) is 2.03. The minimum Gasteiger partial charge on any atom is -0.339 e. The van der Waals surface area contributed by atoms with Gasteiger partial charge < -0.3 is 4.52 Å². The molecule has 0 N–H and O–H groups in total. The van der Waals surface area contributed by atoms with Crippen molar-refractivity contribution in [2.75, 3.05) is 0 Å². The molecule has 1 fully saturated rings. The number of hydrogen-bond acceptors (Lipinski definition) is 4. The van der Waals surface area contributed by atoms with Crippen molar-refractivity contribution in [3.63, 3.8) is 0 Å². The molecule has 3 rings (SSSR count). The average molecular weight is 281 g/mol. The lowest BCUT2D eigenvalue weighted by Crippen LogP contribution is -2.36. The quantitative estimate of drug-likeness (QED) is 0.832. The summed E-state index contributed by atoms with van der Waals surface area (Å²) in [4.78, 5) is 4.65. The molecule has 0 saturated heterocycles. The molecular formula is C17H19N3O. The summed E-state index contributed by atoms with van der Waals surface area (Å²) in [5.41, 5.74) is 1.20. The van der Waals surface area contributed by atoms with Gasteiger partial charge in [-0.25, -0.2) is 0 Å². The minimum atomic E-state index is -0.0715. The van der Waals surface area contributed by atoms with Crippen LogP contribution in [0.1, 0.15) is 62.2 Å². The van der Waals surface area contributed by atoms with E-state index < -0.39 is 0 Å². The number of nitriles is 1. The molecule has 0 amide bonds. The largest absolute Gasteiger partial charge is 0.339 e. The van der Waals surface area contributed by atoms with Gasteiger partial charge in [0, 0.05) is 12.3 Å². The molecule has 0 radical (unpaired) electrons. The molecule has 1 aromatic heterocycles. The topological polar surface area (TPSA) is 62.7 Å². The van der Waals surface area contributed by atoms with E-state index in [0.717, 1.165) is 25.1 Å². The lowest BCUT2D eigenvalue weighted by molar-refractivity contribution is 0.269. The van der Waals surface area contributed by atoms with Crippen molar-refractivity contribution in [3.8, 4) is 6.07 Å². The lowest BCUT2D eigenvalue weighted by atomic mass is 9.64. The maximum absolute atomic E-state index is 8.68. The maximum atomic E-state index is 8.68. The van der Waals surface area contributed by atoms with Gasteiger partial charge in [0.25, 0.3) is 0 Å². The summed E-state index contributed by atoms with van der Waals surface area (Å²) in [6, 6.07) is 12.6. The Bertz CT molecular complexity index is 638. The number of hydrogen-bond donors (Lipinski definition) is 0. The molecule has 4 heteroatoms. The van der Waals surface area contributed by atoms with Crippen LogP contribution in [0.3, 0.4) is 0 Å². The molecule has 4 nitrogen and oxygen atoms in total. The van der Waals surface area contributed by atoms with Gasteiger partial charge in [-0.05, 0) is 24.8 Å². The first-order chi connectivity index (χ1) is 10.3. The first-order valence-electron chi connectivity index (χ1n) is 7.53. The molecule has 2 aromatic rings. The van der Waals surface area contributed by atoms with Crippen molar-refractivity contribution in [2.45, 2.75) is 50.4 Å². The zero-order valence-electron chi connectivity index (χ0n) is 12.2. The van der Waals surface area contributed by atoms with E-state index in [1.165, 1.54) is 12.0 Å². The van der Waals surface area contributed by atoms with Gasteiger partial charge in [0.05, 0.1) is 11.5 Å². The fourth-order valence-corrected chi connectivity index (χ4v) is 2.96. The fourth-order valence-electron chi connectivity index (χ4n) is 2.96. The molecule has 1 aromatic carbocycles. The first-order valence-corrected chi connectivity index (χ1v) is 7.53. The Kier molecular flexibility index (Phi) is 3.74. The second-order valence-electron chi connectivity index (χ2n) is 5.86. The maximum Gasteiger partial charge on any atom is 0.229 e. The smallest absolute Gasteiger partial charge is 0.229 e. The van der Waals surface area contributed by atoms with Crippen LogP contribution < -0.4 is 0 Å². The van der Waals surface area contributed by atoms with E-state index >= 15 is 0 Å². The molecule has 21 heavy (non-hydrogen) atoms. The van der Waals surface area contributed by atoms with Crippen molar-refractivity contribution < 1.29 is 4.52 Å². The van der Waals surface area contributed by atoms with Gasteiger partial charge >= 0.3 is 0 Å². The minimum absolute atomic E-state index is 0.0715. The molecule has 1 atom stereocenters. The van der Waals surface area contributed by atoms with Crippen molar-refractivity contribution in [1.82, 2.24) is 10.1 Å². The first kappa shape index (κ1) is 13.8. The molecule has 1 unspecified atom stereocenters. The Morgan fingerprint density at radius 1 is 1.33 bits per heavy atom. The van der Waals surface area contributed by atoms with Crippen LogP contribution in [-0.4, -0.2) is 10.1 Å². The van der Waals surface area contributed by atoms with Gasteiger partial charge in [-0.3, -0.25) is 0 Å². The molecule has 1 saturated carbocycles. The lowest BCUT2D eigenvalue weighted by Gasteiger charge is -2.39. The Morgan fingerprint density at radius 3 is 2.71 bits per heavy atom. The predicted molar refractivity (Wildman–Crippen MR) is 78.6 cm³/mol. The number of nitrogens with zero attached hydrogens (tertiary/aromatic N) is 3. The average Bonchev–Trinajstić information content (AvgIpc) is 2.95. The summed E-state index contributed by atoms with van der Waals surface area (Å²) in [5.74, 6) is 1.60. The fraction of sp³-hybridized carbons (Fsp3) is 0.471. The Balaban J connectivity index is 1.86. The van der Waals surface area contributed by atoms with Crippen LogP contribution in [0, 0.1) is 11.3 Å². The number of benzene rings is 1. The molecule has 0 spiro atoms. The molecule has 1 aliphatic rings. The summed E-state index contributed by atoms with van der Waals surface area (Å²) in [5, 5.41) is 12.9. The van der Waals surface area contributed by atoms with Gasteiger partial charge in [0.1, 0.15) is 0 Å². The van der Waals surface area contributed by atoms with E-state index in [0.29, 0.717) is 12.3 Å². The van der Waals surface area contributed by atoms with Crippen LogP contribution in [0.5, 0.6) is 0 Å². The monoisotopic (exact) mass is 281 g/mol. The summed E-state index contributed by atoms with van der Waals surface area (Å²) in [6.07, 6.45) is 4.62. The molecule has 1 heterocycles. The predicted octanol–water partition coefficient (Wildman–Crippen LogP) is 3.95. The van der Waals surface area contributed by atoms with Crippen molar-refractivity contribution in [2.24, 2.45) is 0 Å². The summed E-state index contributed by atoms with van der Waals surface area (Å²) < 4.78 is 5.46. The van der Waals surface area contributed by atoms with Crippen molar-refractivity contribution in [1.29, 1.82) is 5.26 Å². The Labute approximate surface area is 124 Å². The highest BCUT2D eigenvalue weighted by atomic mass is 16.5. The van der Waals surface area contributed by atoms with E-state index in [1.54, 1.807) is 0 Å². The normalized spacial score (nSPS) is 17.7. The van der Waals surface area contributed by atoms with Gasteiger partial charge in [0.15, 0.2) is 5.82 Å². The SMILES string of the molecule is CC(CCC#N)c1nc(C2(c3ccccc3)CCC2)no1. The van der Waals surface area contributed by atoms with Gasteiger partial charge in [-0.1, -0.05) is 48.8 Å². The number of rotatable bonds is 5. The molecular weight excluding hydrogens is 262 g/mol. The Hall–Kier alpha value is -2.15. The van der Waals surface area contributed by atoms with Crippen LogP contribution in [0.15, 0.2) is 34.9 Å². The van der Waals surface area contributed by atoms with Crippen LogP contribution in [-0.2, 0) is 5.41 Å². The van der Waals surface area contributed by atoms with Gasteiger partial charge in [-0.2, -0.15) is 10.2 Å². The Morgan fingerprint density at radius 2 is 2.10 bits per heavy atom. The van der Waals surface area contributed by atoms with Gasteiger partial charge in [-0.15, -0.1) is 0 Å². The van der Waals surface area contributed by atoms with Crippen molar-refractivity contribution in [3.05, 3.63) is 47.6 Å². The molecule has 108 valence electrons. The van der Waals surface area contributed by atoms with E-state index in [9.17, 15) is 0 Å². The van der Waals surface area contributed by atoms with E-state index in [2.05, 4.69) is 40.5 Å². The van der Waals surface area contributed by atoms with Crippen LogP contribution >= 0.6 is 0 Å². The second-order valence-corrected chi connectivity index (χ2v) is 5.86. The summed E-state index contributed by atoms with van der Waals surface area (Å²) in [7, 11) is 0. The second kappa shape index (κ2) is 5.69. The zero-order chi connectivity index (χ0) is 14.7. The van der Waals surface area contributed by atoms with Crippen LogP contribution in [0.2, 0.25) is 0 Å². The van der Waals surface area contributed by atoms with E-state index in [4.69, 9.17) is 9.78 Å². The highest BCUT2D eigenvalue weighted by Crippen LogP contribution is 2.47. The molecule has 1 aliphatic carbocycles. The third-order valence-electron chi connectivity index (χ3n) is 4.51. The zero-order valence-corrected chi connectivity index (χ0v) is 12.2. The highest BCUT2D eigenvalue weighted by molar-refractivity contribution is 5.35. The molecule has 0 aliphatic heterocycles. The van der Waals surface area contributed by atoms with Crippen molar-refractivity contribution >= 4 is 0 Å². The number of aromatic nitrogens is 2. The molecule has 0 bridgehead atoms. The third kappa shape index (κ3) is 2.44. The third-order valence-corrected chi connectivity index (χ3v) is 4.51.